The van der Waals surface area contributed by atoms with Gasteiger partial charge in [-0.1, -0.05) is 49.9 Å². The quantitative estimate of drug-likeness (QED) is 0.176. The lowest BCUT2D eigenvalue weighted by atomic mass is 10.00. The van der Waals surface area contributed by atoms with Crippen molar-refractivity contribution in [3.05, 3.63) is 84.2 Å². The van der Waals surface area contributed by atoms with Gasteiger partial charge >= 0.3 is 12.4 Å². The number of nitrogens with zero attached hydrogens (tertiary/aromatic N) is 7. The Morgan fingerprint density at radius 1 is 1.09 bits per heavy atom. The van der Waals surface area contributed by atoms with Gasteiger partial charge in [-0.15, -0.1) is 18.3 Å². The number of thioether (sulfide) groups is 1. The number of amides is 2. The van der Waals surface area contributed by atoms with Crippen molar-refractivity contribution < 1.29 is 27.4 Å². The molecule has 1 unspecified atom stereocenters. The molecule has 0 saturated carbocycles. The average molecular weight is 662 g/mol. The number of carbonyl (C=O) groups excluding carboxylic acids is 1. The van der Waals surface area contributed by atoms with Crippen LogP contribution >= 0.6 is 11.8 Å². The van der Waals surface area contributed by atoms with Gasteiger partial charge in [0.05, 0.1) is 18.9 Å². The van der Waals surface area contributed by atoms with Crippen molar-refractivity contribution >= 4 is 34.9 Å². The van der Waals surface area contributed by atoms with Crippen LogP contribution in [0.3, 0.4) is 0 Å². The molecule has 4 aromatic rings. The third-order valence-corrected chi connectivity index (χ3v) is 8.22. The molecule has 0 aliphatic carbocycles. The van der Waals surface area contributed by atoms with Crippen LogP contribution in [0.2, 0.25) is 0 Å². The number of aromatic nitrogens is 3. The highest BCUT2D eigenvalue weighted by atomic mass is 32.2. The van der Waals surface area contributed by atoms with Crippen molar-refractivity contribution in [3.63, 3.8) is 0 Å². The van der Waals surface area contributed by atoms with E-state index in [0.717, 1.165) is 29.2 Å². The number of amidine groups is 1. The standard InChI is InChI=1S/C33H30F3N7O3S/c1-21(2)28-17-27(45-3)13-14-29(28)42-15-4-16-47-32(42)40-31(44)38-19-24(18-37)22-5-7-23(8-6-22)30-39-20-43(41-30)25-9-11-26(12-10-25)46-33(34,35)36/h5-14,17,19-21,24H,4,15-16H2,1-3H3. The normalized spacial score (nSPS) is 15.2. The van der Waals surface area contributed by atoms with Crippen molar-refractivity contribution in [2.75, 3.05) is 24.3 Å². The van der Waals surface area contributed by atoms with Crippen molar-refractivity contribution in [1.82, 2.24) is 14.8 Å². The number of anilines is 1. The molecule has 2 heterocycles. The van der Waals surface area contributed by atoms with Gasteiger partial charge in [0, 0.05) is 29.8 Å². The van der Waals surface area contributed by atoms with Gasteiger partial charge in [-0.2, -0.15) is 10.3 Å². The largest absolute Gasteiger partial charge is 0.573 e. The molecular formula is C33H30F3N7O3S. The lowest BCUT2D eigenvalue weighted by Crippen LogP contribution is -2.35. The summed E-state index contributed by atoms with van der Waals surface area (Å²) in [4.78, 5) is 27.5. The molecule has 1 aliphatic heterocycles. The molecule has 5 rings (SSSR count). The van der Waals surface area contributed by atoms with Crippen LogP contribution in [0.15, 0.2) is 83.0 Å². The Morgan fingerprint density at radius 2 is 1.81 bits per heavy atom. The highest BCUT2D eigenvalue weighted by Crippen LogP contribution is 2.35. The second-order valence-electron chi connectivity index (χ2n) is 10.7. The Hall–Kier alpha value is -5.16. The molecule has 1 atom stereocenters. The van der Waals surface area contributed by atoms with Gasteiger partial charge in [0.1, 0.15) is 23.7 Å². The smallest absolute Gasteiger partial charge is 0.497 e. The number of halogens is 3. The highest BCUT2D eigenvalue weighted by molar-refractivity contribution is 8.14. The van der Waals surface area contributed by atoms with Gasteiger partial charge in [0.25, 0.3) is 0 Å². The lowest BCUT2D eigenvalue weighted by molar-refractivity contribution is -0.274. The first kappa shape index (κ1) is 33.2. The van der Waals surface area contributed by atoms with E-state index in [-0.39, 0.29) is 11.7 Å². The minimum absolute atomic E-state index is 0.221. The number of rotatable bonds is 8. The minimum Gasteiger partial charge on any atom is -0.497 e. The molecule has 1 saturated heterocycles. The molecule has 47 heavy (non-hydrogen) atoms. The molecule has 1 fully saturated rings. The second kappa shape index (κ2) is 14.5. The molecule has 14 heteroatoms. The molecule has 1 aliphatic rings. The van der Waals surface area contributed by atoms with E-state index in [0.29, 0.717) is 34.4 Å². The van der Waals surface area contributed by atoms with Crippen LogP contribution in [-0.2, 0) is 0 Å². The Balaban J connectivity index is 1.27. The van der Waals surface area contributed by atoms with Gasteiger partial charge in [0.15, 0.2) is 11.0 Å². The molecule has 0 N–H and O–H groups in total. The molecule has 242 valence electrons. The molecule has 0 radical (unpaired) electrons. The zero-order valence-corrected chi connectivity index (χ0v) is 26.5. The van der Waals surface area contributed by atoms with Crippen LogP contribution in [0.4, 0.5) is 23.7 Å². The Bertz CT molecular complexity index is 1810. The average Bonchev–Trinajstić information content (AvgIpc) is 3.55. The van der Waals surface area contributed by atoms with Gasteiger partial charge in [-0.3, -0.25) is 0 Å². The number of benzene rings is 3. The zero-order valence-electron chi connectivity index (χ0n) is 25.7. The maximum atomic E-state index is 12.9. The first-order valence-corrected chi connectivity index (χ1v) is 15.6. The molecular weight excluding hydrogens is 631 g/mol. The first-order chi connectivity index (χ1) is 22.5. The maximum absolute atomic E-state index is 12.9. The summed E-state index contributed by atoms with van der Waals surface area (Å²) >= 11 is 1.49. The number of methoxy groups -OCH3 is 1. The third-order valence-electron chi connectivity index (χ3n) is 7.15. The van der Waals surface area contributed by atoms with Crippen molar-refractivity contribution in [3.8, 4) is 34.6 Å². The van der Waals surface area contributed by atoms with Crippen LogP contribution in [-0.4, -0.2) is 57.9 Å². The monoisotopic (exact) mass is 661 g/mol. The topological polar surface area (TPSA) is 118 Å². The summed E-state index contributed by atoms with van der Waals surface area (Å²) in [6.45, 7) is 4.91. The molecule has 2 amide bonds. The minimum atomic E-state index is -4.78. The molecule has 0 spiro atoms. The van der Waals surface area contributed by atoms with Crippen LogP contribution < -0.4 is 14.4 Å². The van der Waals surface area contributed by atoms with E-state index >= 15 is 0 Å². The number of carbonyl (C=O) groups is 1. The molecule has 0 bridgehead atoms. The zero-order chi connectivity index (χ0) is 33.6. The van der Waals surface area contributed by atoms with Crippen molar-refractivity contribution in [2.24, 2.45) is 9.98 Å². The summed E-state index contributed by atoms with van der Waals surface area (Å²) in [5.74, 6) is 1.02. The van der Waals surface area contributed by atoms with Crippen LogP contribution in [0.25, 0.3) is 17.1 Å². The van der Waals surface area contributed by atoms with Gasteiger partial charge < -0.3 is 14.4 Å². The van der Waals surface area contributed by atoms with Gasteiger partial charge in [-0.25, -0.2) is 19.5 Å². The summed E-state index contributed by atoms with van der Waals surface area (Å²) in [6.07, 6.45) is -1.13. The molecule has 3 aromatic carbocycles. The van der Waals surface area contributed by atoms with E-state index in [1.807, 2.05) is 23.1 Å². The summed E-state index contributed by atoms with van der Waals surface area (Å²) in [5, 5.41) is 14.8. The van der Waals surface area contributed by atoms with Crippen LogP contribution in [0, 0.1) is 11.3 Å². The Labute approximate surface area is 273 Å². The lowest BCUT2D eigenvalue weighted by Gasteiger charge is -2.32. The number of aliphatic imine (C=N–C) groups is 2. The van der Waals surface area contributed by atoms with Crippen LogP contribution in [0.1, 0.15) is 43.2 Å². The van der Waals surface area contributed by atoms with Gasteiger partial charge in [0.2, 0.25) is 0 Å². The summed E-state index contributed by atoms with van der Waals surface area (Å²) in [6, 6.07) is 19.4. The van der Waals surface area contributed by atoms with E-state index < -0.39 is 18.3 Å². The fraction of sp³-hybridized carbons (Fsp3) is 0.273. The van der Waals surface area contributed by atoms with Crippen molar-refractivity contribution in [1.29, 1.82) is 5.26 Å². The van der Waals surface area contributed by atoms with Gasteiger partial charge in [-0.05, 0) is 65.9 Å². The predicted molar refractivity (Wildman–Crippen MR) is 175 cm³/mol. The Kier molecular flexibility index (Phi) is 10.3. The summed E-state index contributed by atoms with van der Waals surface area (Å²) in [5.41, 5.74) is 3.79. The molecule has 10 nitrogen and oxygen atoms in total. The maximum Gasteiger partial charge on any atom is 0.573 e. The van der Waals surface area contributed by atoms with Crippen LogP contribution in [0.5, 0.6) is 11.5 Å². The van der Waals surface area contributed by atoms with E-state index in [9.17, 15) is 23.2 Å². The number of alkyl halides is 3. The summed E-state index contributed by atoms with van der Waals surface area (Å²) < 4.78 is 48.0. The second-order valence-corrected chi connectivity index (χ2v) is 11.7. The van der Waals surface area contributed by atoms with E-state index in [1.54, 1.807) is 31.4 Å². The van der Waals surface area contributed by atoms with Crippen molar-refractivity contribution in [2.45, 2.75) is 38.5 Å². The van der Waals surface area contributed by atoms with E-state index in [2.05, 4.69) is 44.7 Å². The number of hydrogen-bond donors (Lipinski definition) is 0. The summed E-state index contributed by atoms with van der Waals surface area (Å²) in [7, 11) is 1.63. The number of urea groups is 1. The fourth-order valence-electron chi connectivity index (χ4n) is 4.85. The van der Waals surface area contributed by atoms with E-state index in [1.165, 1.54) is 53.3 Å². The SMILES string of the molecule is COc1ccc(N2CCCSC2=NC(=O)N=CC(C#N)c2ccc(-c3ncn(-c4ccc(OC(F)(F)F)cc4)n3)cc2)c(C(C)C)c1. The van der Waals surface area contributed by atoms with E-state index in [4.69, 9.17) is 4.74 Å². The fourth-order valence-corrected chi connectivity index (χ4v) is 5.79. The number of hydrogen-bond acceptors (Lipinski definition) is 7. The Morgan fingerprint density at radius 3 is 2.47 bits per heavy atom. The predicted octanol–water partition coefficient (Wildman–Crippen LogP) is 7.76. The first-order valence-electron chi connectivity index (χ1n) is 14.6. The number of ether oxygens (including phenoxy) is 2. The third kappa shape index (κ3) is 8.36. The number of nitriles is 1. The molecule has 1 aromatic heterocycles. The highest BCUT2D eigenvalue weighted by Gasteiger charge is 2.31.